The van der Waals surface area contributed by atoms with Crippen LogP contribution in [0.25, 0.3) is 0 Å². The summed E-state index contributed by atoms with van der Waals surface area (Å²) in [6.07, 6.45) is 3.15. The Kier molecular flexibility index (Phi) is 8.79. The van der Waals surface area contributed by atoms with Crippen LogP contribution < -0.4 is 10.1 Å². The summed E-state index contributed by atoms with van der Waals surface area (Å²) in [4.78, 5) is 48.5. The molecule has 2 saturated heterocycles. The molecule has 3 fully saturated rings. The van der Waals surface area contributed by atoms with Gasteiger partial charge in [0.05, 0.1) is 19.2 Å². The maximum absolute atomic E-state index is 13.5. The Morgan fingerprint density at radius 3 is 2.34 bits per heavy atom. The fourth-order valence-corrected chi connectivity index (χ4v) is 6.00. The third-order valence-corrected chi connectivity index (χ3v) is 8.58. The number of rotatable bonds is 9. The number of carbonyl (C=O) groups excluding carboxylic acids is 3. The second-order valence-electron chi connectivity index (χ2n) is 11.7. The van der Waals surface area contributed by atoms with Crippen molar-refractivity contribution in [3.8, 4) is 11.6 Å². The number of aryl methyl sites for hydroxylation is 1. The van der Waals surface area contributed by atoms with Gasteiger partial charge in [0, 0.05) is 49.0 Å². The molecule has 1 N–H and O–H groups in total. The van der Waals surface area contributed by atoms with E-state index in [9.17, 15) is 14.4 Å². The summed E-state index contributed by atoms with van der Waals surface area (Å²) in [6.45, 7) is 6.66. The van der Waals surface area contributed by atoms with Gasteiger partial charge in [-0.2, -0.15) is 0 Å². The summed E-state index contributed by atoms with van der Waals surface area (Å²) in [5.74, 6) is 1.08. The van der Waals surface area contributed by atoms with Gasteiger partial charge in [-0.25, -0.2) is 19.5 Å². The fourth-order valence-electron chi connectivity index (χ4n) is 6.00. The normalized spacial score (nSPS) is 19.2. The average Bonchev–Trinajstić information content (AvgIpc) is 3.79. The number of hydrogen-bond acceptors (Lipinski definition) is 7. The molecule has 0 radical (unpaired) electrons. The van der Waals surface area contributed by atoms with Crippen molar-refractivity contribution >= 4 is 18.0 Å². The van der Waals surface area contributed by atoms with Gasteiger partial charge in [-0.1, -0.05) is 36.4 Å². The van der Waals surface area contributed by atoms with Gasteiger partial charge in [0.2, 0.25) is 5.88 Å². The number of urea groups is 1. The third kappa shape index (κ3) is 6.70. The number of hydrogen-bond donors (Lipinski definition) is 1. The minimum atomic E-state index is -0.581. The predicted octanol–water partition coefficient (Wildman–Crippen LogP) is 5.67. The topological polar surface area (TPSA) is 104 Å². The summed E-state index contributed by atoms with van der Waals surface area (Å²) in [5, 5.41) is 2.99. The van der Waals surface area contributed by atoms with Crippen molar-refractivity contribution < 1.29 is 23.9 Å². The molecule has 3 heterocycles. The number of carbonyl (C=O) groups is 3. The molecule has 0 spiro atoms. The lowest BCUT2D eigenvalue weighted by Gasteiger charge is -2.39. The first-order valence-electron chi connectivity index (χ1n) is 15.5. The van der Waals surface area contributed by atoms with Gasteiger partial charge in [0.1, 0.15) is 5.75 Å². The van der Waals surface area contributed by atoms with Crippen LogP contribution in [0.2, 0.25) is 0 Å². The van der Waals surface area contributed by atoms with Crippen LogP contribution in [0.5, 0.6) is 11.6 Å². The summed E-state index contributed by atoms with van der Waals surface area (Å²) < 4.78 is 11.2. The van der Waals surface area contributed by atoms with Crippen molar-refractivity contribution in [3.63, 3.8) is 0 Å². The number of piperidine rings is 1. The molecule has 10 nitrogen and oxygen atoms in total. The molecule has 230 valence electrons. The minimum Gasteiger partial charge on any atom is -0.449 e. The van der Waals surface area contributed by atoms with E-state index in [0.717, 1.165) is 62.1 Å². The van der Waals surface area contributed by atoms with Gasteiger partial charge in [-0.3, -0.25) is 9.69 Å². The van der Waals surface area contributed by atoms with Crippen molar-refractivity contribution in [2.24, 2.45) is 0 Å². The van der Waals surface area contributed by atoms with Crippen LogP contribution in [0, 0.1) is 6.92 Å². The number of pyridine rings is 1. The highest BCUT2D eigenvalue weighted by atomic mass is 16.6. The monoisotopic (exact) mass is 597 g/mol. The third-order valence-electron chi connectivity index (χ3n) is 8.58. The molecule has 1 atom stereocenters. The Hall–Kier alpha value is -4.44. The number of benzene rings is 2. The maximum Gasteiger partial charge on any atom is 0.418 e. The maximum atomic E-state index is 13.5. The van der Waals surface area contributed by atoms with E-state index < -0.39 is 6.09 Å². The largest absolute Gasteiger partial charge is 0.449 e. The first-order valence-corrected chi connectivity index (χ1v) is 15.5. The number of nitrogens with zero attached hydrogens (tertiary/aromatic N) is 4. The lowest BCUT2D eigenvalue weighted by atomic mass is 9.98. The number of likely N-dealkylation sites (tertiary alicyclic amines) is 1. The van der Waals surface area contributed by atoms with Crippen molar-refractivity contribution in [3.05, 3.63) is 89.1 Å². The number of nitrogens with one attached hydrogen (secondary N) is 1. The zero-order valence-corrected chi connectivity index (χ0v) is 25.3. The first kappa shape index (κ1) is 29.6. The standard InChI is InChI=1S/C34H39N5O5/c1-3-43-34(42)38-22-30(24-7-5-4-6-8-24)39(33(38)41)28-17-19-37(20-18-28)21-26-11-16-31(35-23(26)2)44-29-14-9-25(10-15-29)32(40)36-27-12-13-27/h4-11,14-16,27-28,30H,3,12-13,17-22H2,1-2H3,(H,36,40). The zero-order chi connectivity index (χ0) is 30.6. The molecule has 4 amide bonds. The SMILES string of the molecule is CCOC(=O)N1CC(c2ccccc2)N(C2CCN(Cc3ccc(Oc4ccc(C(=O)NC5CC5)cc4)nc3C)CC2)C1=O. The highest BCUT2D eigenvalue weighted by Gasteiger charge is 2.45. The molecule has 44 heavy (non-hydrogen) atoms. The van der Waals surface area contributed by atoms with Gasteiger partial charge >= 0.3 is 12.1 Å². The van der Waals surface area contributed by atoms with E-state index in [4.69, 9.17) is 9.47 Å². The molecule has 3 aliphatic rings. The predicted molar refractivity (Wildman–Crippen MR) is 164 cm³/mol. The Labute approximate surface area is 257 Å². The number of ether oxygens (including phenoxy) is 2. The molecule has 1 unspecified atom stereocenters. The van der Waals surface area contributed by atoms with Crippen LogP contribution in [-0.2, 0) is 11.3 Å². The van der Waals surface area contributed by atoms with Gasteiger partial charge in [-0.05, 0) is 74.9 Å². The molecule has 10 heteroatoms. The Morgan fingerprint density at radius 1 is 0.955 bits per heavy atom. The second kappa shape index (κ2) is 13.1. The Bertz CT molecular complexity index is 1490. The molecule has 3 aromatic rings. The van der Waals surface area contributed by atoms with Gasteiger partial charge in [0.15, 0.2) is 0 Å². The van der Waals surface area contributed by atoms with E-state index >= 15 is 0 Å². The molecule has 2 aliphatic heterocycles. The van der Waals surface area contributed by atoms with E-state index in [1.54, 1.807) is 31.2 Å². The van der Waals surface area contributed by atoms with Crippen LogP contribution in [0.3, 0.4) is 0 Å². The Morgan fingerprint density at radius 2 is 1.68 bits per heavy atom. The molecular weight excluding hydrogens is 558 g/mol. The zero-order valence-electron chi connectivity index (χ0n) is 25.3. The fraction of sp³-hybridized carbons (Fsp3) is 0.412. The molecule has 1 saturated carbocycles. The smallest absolute Gasteiger partial charge is 0.418 e. The molecule has 0 bridgehead atoms. The van der Waals surface area contributed by atoms with Crippen molar-refractivity contribution in [2.75, 3.05) is 26.2 Å². The van der Waals surface area contributed by atoms with Crippen molar-refractivity contribution in [1.29, 1.82) is 0 Å². The van der Waals surface area contributed by atoms with E-state index in [2.05, 4.69) is 15.2 Å². The Balaban J connectivity index is 1.05. The van der Waals surface area contributed by atoms with Crippen molar-refractivity contribution in [2.45, 2.75) is 64.2 Å². The summed E-state index contributed by atoms with van der Waals surface area (Å²) >= 11 is 0. The van der Waals surface area contributed by atoms with Gasteiger partial charge in [-0.15, -0.1) is 0 Å². The summed E-state index contributed by atoms with van der Waals surface area (Å²) in [5.41, 5.74) is 3.66. The second-order valence-corrected chi connectivity index (χ2v) is 11.7. The summed E-state index contributed by atoms with van der Waals surface area (Å²) in [6, 6.07) is 20.8. The first-order chi connectivity index (χ1) is 21.4. The van der Waals surface area contributed by atoms with Crippen LogP contribution in [-0.4, -0.2) is 76.0 Å². The molecule has 2 aromatic carbocycles. The number of amides is 4. The van der Waals surface area contributed by atoms with E-state index in [1.165, 1.54) is 4.90 Å². The van der Waals surface area contributed by atoms with Crippen LogP contribution in [0.1, 0.15) is 65.8 Å². The number of imide groups is 1. The molecule has 6 rings (SSSR count). The van der Waals surface area contributed by atoms with Crippen LogP contribution in [0.15, 0.2) is 66.7 Å². The van der Waals surface area contributed by atoms with Crippen LogP contribution in [0.4, 0.5) is 9.59 Å². The van der Waals surface area contributed by atoms with Gasteiger partial charge in [0.25, 0.3) is 5.91 Å². The lowest BCUT2D eigenvalue weighted by molar-refractivity contribution is 0.0950. The van der Waals surface area contributed by atoms with E-state index in [-0.39, 0.29) is 30.6 Å². The average molecular weight is 598 g/mol. The molecule has 1 aromatic heterocycles. The highest BCUT2D eigenvalue weighted by Crippen LogP contribution is 2.35. The van der Waals surface area contributed by atoms with Crippen LogP contribution >= 0.6 is 0 Å². The van der Waals surface area contributed by atoms with Crippen molar-refractivity contribution in [1.82, 2.24) is 25.0 Å². The van der Waals surface area contributed by atoms with E-state index in [0.29, 0.717) is 29.8 Å². The number of aromatic nitrogens is 1. The molecule has 1 aliphatic carbocycles. The lowest BCUT2D eigenvalue weighted by Crippen LogP contribution is -2.47. The minimum absolute atomic E-state index is 0.0320. The quantitative estimate of drug-likeness (QED) is 0.339. The summed E-state index contributed by atoms with van der Waals surface area (Å²) in [7, 11) is 0. The van der Waals surface area contributed by atoms with Gasteiger partial charge < -0.3 is 19.7 Å². The van der Waals surface area contributed by atoms with E-state index in [1.807, 2.05) is 54.3 Å². The highest BCUT2D eigenvalue weighted by molar-refractivity contribution is 5.94. The molecular formula is C34H39N5O5.